The largest absolute Gasteiger partial charge is 0.351 e. The fraction of sp³-hybridized carbons (Fsp3) is 0.562. The molecule has 0 aromatic carbocycles. The van der Waals surface area contributed by atoms with Crippen molar-refractivity contribution in [3.8, 4) is 0 Å². The van der Waals surface area contributed by atoms with Crippen LogP contribution in [-0.2, 0) is 4.79 Å². The molecule has 4 heterocycles. The number of aromatic nitrogens is 3. The van der Waals surface area contributed by atoms with E-state index in [1.807, 2.05) is 17.2 Å². The molecule has 4 rings (SSSR count). The minimum atomic E-state index is -0.0938. The van der Waals surface area contributed by atoms with Crippen LogP contribution in [0.1, 0.15) is 26.2 Å². The van der Waals surface area contributed by atoms with Gasteiger partial charge in [0, 0.05) is 25.3 Å². The molecule has 7 heteroatoms. The van der Waals surface area contributed by atoms with Crippen molar-refractivity contribution < 1.29 is 4.79 Å². The van der Waals surface area contributed by atoms with E-state index in [0.717, 1.165) is 49.2 Å². The average molecular weight is 314 g/mol. The summed E-state index contributed by atoms with van der Waals surface area (Å²) in [6.45, 7) is 3.93. The summed E-state index contributed by atoms with van der Waals surface area (Å²) in [7, 11) is 0. The number of rotatable bonds is 2. The number of hydrogen-bond donors (Lipinski definition) is 2. The van der Waals surface area contributed by atoms with E-state index >= 15 is 0 Å². The topological polar surface area (TPSA) is 91.1 Å². The Hall–Kier alpha value is -2.15. The van der Waals surface area contributed by atoms with Crippen molar-refractivity contribution in [1.29, 1.82) is 0 Å². The molecule has 7 nitrogen and oxygen atoms in total. The third-order valence-electron chi connectivity index (χ3n) is 5.35. The zero-order valence-corrected chi connectivity index (χ0v) is 13.3. The lowest BCUT2D eigenvalue weighted by Gasteiger charge is -2.35. The van der Waals surface area contributed by atoms with Gasteiger partial charge in [0.05, 0.1) is 17.5 Å². The number of nitrogens with one attached hydrogen (secondary N) is 1. The zero-order valence-electron chi connectivity index (χ0n) is 13.3. The molecule has 0 aliphatic carbocycles. The molecule has 0 bridgehead atoms. The predicted molar refractivity (Wildman–Crippen MR) is 88.0 cm³/mol. The van der Waals surface area contributed by atoms with Crippen molar-refractivity contribution in [2.75, 3.05) is 24.5 Å². The summed E-state index contributed by atoms with van der Waals surface area (Å²) >= 11 is 0. The highest BCUT2D eigenvalue weighted by Crippen LogP contribution is 2.42. The number of amides is 1. The number of nitrogens with zero attached hydrogens (tertiary/aromatic N) is 4. The van der Waals surface area contributed by atoms with Crippen LogP contribution < -0.4 is 10.6 Å². The number of carbonyl (C=O) groups is 1. The molecule has 1 spiro atoms. The van der Waals surface area contributed by atoms with Crippen molar-refractivity contribution in [2.45, 2.75) is 37.8 Å². The lowest BCUT2D eigenvalue weighted by atomic mass is 9.93. The Kier molecular flexibility index (Phi) is 3.26. The highest BCUT2D eigenvalue weighted by atomic mass is 16.2. The van der Waals surface area contributed by atoms with Gasteiger partial charge in [-0.3, -0.25) is 4.79 Å². The third kappa shape index (κ3) is 2.10. The summed E-state index contributed by atoms with van der Waals surface area (Å²) < 4.78 is 0. The van der Waals surface area contributed by atoms with E-state index in [4.69, 9.17) is 5.73 Å². The highest BCUT2D eigenvalue weighted by molar-refractivity contribution is 5.88. The molecule has 2 fully saturated rings. The van der Waals surface area contributed by atoms with E-state index in [9.17, 15) is 4.79 Å². The molecule has 2 unspecified atom stereocenters. The van der Waals surface area contributed by atoms with Crippen molar-refractivity contribution >= 4 is 22.8 Å². The van der Waals surface area contributed by atoms with Gasteiger partial charge >= 0.3 is 0 Å². The lowest BCUT2D eigenvalue weighted by molar-refractivity contribution is -0.133. The normalized spacial score (nSPS) is 27.5. The van der Waals surface area contributed by atoms with E-state index in [-0.39, 0.29) is 18.0 Å². The van der Waals surface area contributed by atoms with Gasteiger partial charge in [0.1, 0.15) is 17.8 Å². The molecular weight excluding hydrogens is 292 g/mol. The highest BCUT2D eigenvalue weighted by Gasteiger charge is 2.50. The second-order valence-electron chi connectivity index (χ2n) is 6.70. The molecular formula is C16H22N6O. The minimum absolute atomic E-state index is 0.0611. The Balaban J connectivity index is 1.70. The smallest absolute Gasteiger partial charge is 0.236 e. The molecule has 2 aliphatic rings. The van der Waals surface area contributed by atoms with Crippen LogP contribution in [0.5, 0.6) is 0 Å². The SMILES string of the molecule is CC1CC2(CCCN2C(=O)CN)CN1c1ncnc2[nH]ccc12. The maximum atomic E-state index is 12.2. The number of nitrogens with two attached hydrogens (primary N) is 1. The number of H-pyrrole nitrogens is 1. The minimum Gasteiger partial charge on any atom is -0.351 e. The van der Waals surface area contributed by atoms with Crippen LogP contribution in [0, 0.1) is 0 Å². The Labute approximate surface area is 134 Å². The molecule has 0 radical (unpaired) electrons. The van der Waals surface area contributed by atoms with Crippen molar-refractivity contribution in [3.05, 3.63) is 18.6 Å². The fourth-order valence-corrected chi connectivity index (χ4v) is 4.38. The van der Waals surface area contributed by atoms with Crippen LogP contribution in [0.2, 0.25) is 0 Å². The summed E-state index contributed by atoms with van der Waals surface area (Å²) in [5, 5.41) is 1.03. The summed E-state index contributed by atoms with van der Waals surface area (Å²) in [5.41, 5.74) is 6.37. The van der Waals surface area contributed by atoms with Crippen molar-refractivity contribution in [2.24, 2.45) is 5.73 Å². The summed E-state index contributed by atoms with van der Waals surface area (Å²) in [4.78, 5) is 28.5. The molecule has 2 saturated heterocycles. The number of anilines is 1. The second kappa shape index (κ2) is 5.19. The van der Waals surface area contributed by atoms with E-state index in [0.29, 0.717) is 6.04 Å². The first kappa shape index (κ1) is 14.4. The Bertz CT molecular complexity index is 743. The van der Waals surface area contributed by atoms with Gasteiger partial charge in [0.15, 0.2) is 0 Å². The van der Waals surface area contributed by atoms with Crippen molar-refractivity contribution in [3.63, 3.8) is 0 Å². The first-order valence-electron chi connectivity index (χ1n) is 8.20. The molecule has 2 aromatic heterocycles. The number of hydrogen-bond acceptors (Lipinski definition) is 5. The maximum Gasteiger partial charge on any atom is 0.236 e. The van der Waals surface area contributed by atoms with Gasteiger partial charge in [0.25, 0.3) is 0 Å². The number of fused-ring (bicyclic) bond motifs is 1. The first-order chi connectivity index (χ1) is 11.1. The maximum absolute atomic E-state index is 12.2. The van der Waals surface area contributed by atoms with Crippen LogP contribution in [0.15, 0.2) is 18.6 Å². The van der Waals surface area contributed by atoms with Gasteiger partial charge < -0.3 is 20.5 Å². The monoisotopic (exact) mass is 314 g/mol. The molecule has 2 aromatic rings. The Morgan fingerprint density at radius 1 is 1.52 bits per heavy atom. The van der Waals surface area contributed by atoms with Crippen LogP contribution in [0.3, 0.4) is 0 Å². The third-order valence-corrected chi connectivity index (χ3v) is 5.35. The van der Waals surface area contributed by atoms with Crippen molar-refractivity contribution in [1.82, 2.24) is 19.9 Å². The molecule has 2 atom stereocenters. The van der Waals surface area contributed by atoms with Gasteiger partial charge in [0.2, 0.25) is 5.91 Å². The molecule has 1 amide bonds. The van der Waals surface area contributed by atoms with E-state index in [2.05, 4.69) is 26.8 Å². The van der Waals surface area contributed by atoms with E-state index in [1.165, 1.54) is 0 Å². The van der Waals surface area contributed by atoms with Gasteiger partial charge in [-0.05, 0) is 32.3 Å². The quantitative estimate of drug-likeness (QED) is 0.858. The predicted octanol–water partition coefficient (Wildman–Crippen LogP) is 0.876. The molecule has 23 heavy (non-hydrogen) atoms. The number of likely N-dealkylation sites (tertiary alicyclic amines) is 1. The fourth-order valence-electron chi connectivity index (χ4n) is 4.38. The molecule has 122 valence electrons. The van der Waals surface area contributed by atoms with Gasteiger partial charge in [-0.2, -0.15) is 0 Å². The molecule has 0 saturated carbocycles. The van der Waals surface area contributed by atoms with E-state index < -0.39 is 0 Å². The van der Waals surface area contributed by atoms with Gasteiger partial charge in [-0.25, -0.2) is 9.97 Å². The lowest BCUT2D eigenvalue weighted by Crippen LogP contribution is -2.51. The average Bonchev–Trinajstić information content (AvgIpc) is 3.25. The van der Waals surface area contributed by atoms with E-state index in [1.54, 1.807) is 6.33 Å². The summed E-state index contributed by atoms with van der Waals surface area (Å²) in [6, 6.07) is 2.34. The standard InChI is InChI=1S/C16H22N6O/c1-11-7-16(4-2-6-22(16)13(23)8-17)9-21(11)15-12-3-5-18-14(12)19-10-20-15/h3,5,10-11H,2,4,6-9,17H2,1H3,(H,18,19,20). The molecule has 3 N–H and O–H groups in total. The van der Waals surface area contributed by atoms with Gasteiger partial charge in [-0.15, -0.1) is 0 Å². The van der Waals surface area contributed by atoms with Gasteiger partial charge in [-0.1, -0.05) is 0 Å². The number of aromatic amines is 1. The number of carbonyl (C=O) groups excluding carboxylic acids is 1. The van der Waals surface area contributed by atoms with Crippen LogP contribution in [0.25, 0.3) is 11.0 Å². The van der Waals surface area contributed by atoms with Crippen LogP contribution >= 0.6 is 0 Å². The first-order valence-corrected chi connectivity index (χ1v) is 8.20. The summed E-state index contributed by atoms with van der Waals surface area (Å²) in [5.74, 6) is 1.01. The van der Waals surface area contributed by atoms with Crippen LogP contribution in [-0.4, -0.2) is 57.0 Å². The summed E-state index contributed by atoms with van der Waals surface area (Å²) in [6.07, 6.45) is 6.55. The van der Waals surface area contributed by atoms with Crippen LogP contribution in [0.4, 0.5) is 5.82 Å². The Morgan fingerprint density at radius 2 is 2.39 bits per heavy atom. The molecule has 2 aliphatic heterocycles. The zero-order chi connectivity index (χ0) is 16.0. The Morgan fingerprint density at radius 3 is 3.22 bits per heavy atom. The second-order valence-corrected chi connectivity index (χ2v) is 6.70.